The van der Waals surface area contributed by atoms with Crippen molar-refractivity contribution in [3.05, 3.63) is 78.4 Å². The van der Waals surface area contributed by atoms with Crippen LogP contribution in [0.4, 0.5) is 11.4 Å². The molecule has 3 aromatic rings. The van der Waals surface area contributed by atoms with Crippen molar-refractivity contribution in [3.63, 3.8) is 0 Å². The predicted molar refractivity (Wildman–Crippen MR) is 135 cm³/mol. The molecule has 2 aliphatic rings. The van der Waals surface area contributed by atoms with E-state index in [1.807, 2.05) is 72.5 Å². The second-order valence-electron chi connectivity index (χ2n) is 8.32. The molecule has 0 aliphatic carbocycles. The molecule has 34 heavy (non-hydrogen) atoms. The van der Waals surface area contributed by atoms with Crippen LogP contribution in [0, 0.1) is 5.92 Å². The van der Waals surface area contributed by atoms with Crippen LogP contribution in [0.15, 0.2) is 72.8 Å². The fourth-order valence-electron chi connectivity index (χ4n) is 4.80. The summed E-state index contributed by atoms with van der Waals surface area (Å²) in [5, 5.41) is 6.91. The molecule has 2 N–H and O–H groups in total. The number of anilines is 2. The Kier molecular flexibility index (Phi) is 5.53. The van der Waals surface area contributed by atoms with E-state index in [0.29, 0.717) is 33.7 Å². The van der Waals surface area contributed by atoms with Crippen molar-refractivity contribution in [1.82, 2.24) is 5.32 Å². The van der Waals surface area contributed by atoms with Gasteiger partial charge in [-0.2, -0.15) is 0 Å². The number of nitrogens with zero attached hydrogens (tertiary/aromatic N) is 1. The SMILES string of the molecule is COc1ccc(NC(=O)[C@@H]2[C@@H]3NC(=S)N(c4ccccc4OC)[C@@]2(C)Oc2ccccc23)cc1. The minimum atomic E-state index is -1.12. The van der Waals surface area contributed by atoms with Gasteiger partial charge in [0.05, 0.1) is 25.9 Å². The molecule has 0 saturated carbocycles. The molecule has 174 valence electrons. The second-order valence-corrected chi connectivity index (χ2v) is 8.71. The molecular formula is C26H25N3O4S. The Balaban J connectivity index is 1.60. The molecule has 2 bridgehead atoms. The van der Waals surface area contributed by atoms with E-state index in [0.717, 1.165) is 5.56 Å². The molecule has 0 radical (unpaired) electrons. The van der Waals surface area contributed by atoms with Crippen LogP contribution in [0.3, 0.4) is 0 Å². The van der Waals surface area contributed by atoms with Crippen LogP contribution in [-0.2, 0) is 4.79 Å². The first-order chi connectivity index (χ1) is 16.5. The van der Waals surface area contributed by atoms with E-state index in [1.54, 1.807) is 26.4 Å². The van der Waals surface area contributed by atoms with E-state index < -0.39 is 11.6 Å². The minimum Gasteiger partial charge on any atom is -0.497 e. The van der Waals surface area contributed by atoms with Crippen molar-refractivity contribution in [3.8, 4) is 17.2 Å². The summed E-state index contributed by atoms with van der Waals surface area (Å²) >= 11 is 5.80. The highest BCUT2D eigenvalue weighted by atomic mass is 32.1. The first-order valence-corrected chi connectivity index (χ1v) is 11.3. The Labute approximate surface area is 203 Å². The normalized spacial score (nSPS) is 22.7. The van der Waals surface area contributed by atoms with E-state index in [9.17, 15) is 4.79 Å². The maximum Gasteiger partial charge on any atom is 0.236 e. The first-order valence-electron chi connectivity index (χ1n) is 10.9. The van der Waals surface area contributed by atoms with Gasteiger partial charge in [0.15, 0.2) is 10.8 Å². The molecule has 1 saturated heterocycles. The number of thiocarbonyl (C=S) groups is 1. The van der Waals surface area contributed by atoms with Gasteiger partial charge in [0.2, 0.25) is 5.91 Å². The highest BCUT2D eigenvalue weighted by Crippen LogP contribution is 2.50. The molecule has 0 unspecified atom stereocenters. The number of benzene rings is 3. The third kappa shape index (κ3) is 3.51. The Bertz CT molecular complexity index is 1250. The summed E-state index contributed by atoms with van der Waals surface area (Å²) in [5.74, 6) is 1.22. The zero-order valence-electron chi connectivity index (χ0n) is 19.1. The van der Waals surface area contributed by atoms with Gasteiger partial charge in [-0.25, -0.2) is 0 Å². The number of carbonyl (C=O) groups excluding carboxylic acids is 1. The quantitative estimate of drug-likeness (QED) is 0.527. The number of amides is 1. The summed E-state index contributed by atoms with van der Waals surface area (Å²) in [6.45, 7) is 1.90. The molecule has 2 heterocycles. The molecular weight excluding hydrogens is 450 g/mol. The molecule has 3 atom stereocenters. The lowest BCUT2D eigenvalue weighted by molar-refractivity contribution is -0.130. The number of nitrogens with one attached hydrogen (secondary N) is 2. The molecule has 3 aromatic carbocycles. The van der Waals surface area contributed by atoms with E-state index in [-0.39, 0.29) is 11.9 Å². The number of fused-ring (bicyclic) bond motifs is 4. The lowest BCUT2D eigenvalue weighted by Crippen LogP contribution is -2.72. The molecule has 0 aromatic heterocycles. The number of carbonyl (C=O) groups is 1. The van der Waals surface area contributed by atoms with Gasteiger partial charge >= 0.3 is 0 Å². The fraction of sp³-hybridized carbons (Fsp3) is 0.231. The third-order valence-electron chi connectivity index (χ3n) is 6.37. The topological polar surface area (TPSA) is 72.1 Å². The van der Waals surface area contributed by atoms with Gasteiger partial charge in [-0.1, -0.05) is 30.3 Å². The van der Waals surface area contributed by atoms with Gasteiger partial charge < -0.3 is 24.8 Å². The Morgan fingerprint density at radius 2 is 1.74 bits per heavy atom. The Morgan fingerprint density at radius 1 is 1.03 bits per heavy atom. The van der Waals surface area contributed by atoms with E-state index >= 15 is 0 Å². The maximum absolute atomic E-state index is 13.8. The maximum atomic E-state index is 13.8. The van der Waals surface area contributed by atoms with Gasteiger partial charge in [0.25, 0.3) is 0 Å². The van der Waals surface area contributed by atoms with Crippen molar-refractivity contribution in [2.75, 3.05) is 24.4 Å². The monoisotopic (exact) mass is 475 g/mol. The molecule has 1 fully saturated rings. The van der Waals surface area contributed by atoms with Gasteiger partial charge in [-0.05, 0) is 61.6 Å². The van der Waals surface area contributed by atoms with Crippen molar-refractivity contribution >= 4 is 34.6 Å². The molecule has 2 aliphatic heterocycles. The summed E-state index contributed by atoms with van der Waals surface area (Å²) in [7, 11) is 3.21. The summed E-state index contributed by atoms with van der Waals surface area (Å²) in [6, 6.07) is 22.1. The predicted octanol–water partition coefficient (Wildman–Crippen LogP) is 4.50. The van der Waals surface area contributed by atoms with Crippen molar-refractivity contribution in [2.45, 2.75) is 18.7 Å². The molecule has 5 rings (SSSR count). The van der Waals surface area contributed by atoms with Crippen LogP contribution >= 0.6 is 12.2 Å². The number of methoxy groups -OCH3 is 2. The summed E-state index contributed by atoms with van der Waals surface area (Å²) < 4.78 is 17.4. The van der Waals surface area contributed by atoms with Crippen LogP contribution in [0.2, 0.25) is 0 Å². The third-order valence-corrected chi connectivity index (χ3v) is 6.67. The van der Waals surface area contributed by atoms with Gasteiger partial charge in [0.1, 0.15) is 23.2 Å². The Morgan fingerprint density at radius 3 is 2.47 bits per heavy atom. The highest BCUT2D eigenvalue weighted by molar-refractivity contribution is 7.80. The zero-order valence-corrected chi connectivity index (χ0v) is 19.9. The van der Waals surface area contributed by atoms with Crippen molar-refractivity contribution in [1.29, 1.82) is 0 Å². The smallest absolute Gasteiger partial charge is 0.236 e. The molecule has 8 heteroatoms. The molecule has 0 spiro atoms. The molecule has 1 amide bonds. The highest BCUT2D eigenvalue weighted by Gasteiger charge is 2.59. The largest absolute Gasteiger partial charge is 0.497 e. The summed E-state index contributed by atoms with van der Waals surface area (Å²) in [5.41, 5.74) is 1.15. The number of rotatable bonds is 5. The number of ether oxygens (including phenoxy) is 3. The lowest BCUT2D eigenvalue weighted by atomic mass is 9.78. The van der Waals surface area contributed by atoms with Crippen LogP contribution in [0.5, 0.6) is 17.2 Å². The van der Waals surface area contributed by atoms with Gasteiger partial charge in [-0.3, -0.25) is 9.69 Å². The van der Waals surface area contributed by atoms with E-state index in [4.69, 9.17) is 26.4 Å². The van der Waals surface area contributed by atoms with Gasteiger partial charge in [0, 0.05) is 11.3 Å². The van der Waals surface area contributed by atoms with Crippen LogP contribution in [0.25, 0.3) is 0 Å². The standard InChI is InChI=1S/C26H25N3O4S/c1-26-22(24(30)27-16-12-14-17(31-2)15-13-16)23(18-8-4-6-10-20(18)33-26)28-25(34)29(26)19-9-5-7-11-21(19)32-3/h4-15,22-23H,1-3H3,(H,27,30)(H,28,34)/t22-,23+,26-/m0/s1. The molecule has 7 nitrogen and oxygen atoms in total. The number of hydrogen-bond acceptors (Lipinski definition) is 5. The van der Waals surface area contributed by atoms with Crippen molar-refractivity contribution < 1.29 is 19.0 Å². The number of hydrogen-bond donors (Lipinski definition) is 2. The first kappa shape index (κ1) is 22.0. The summed E-state index contributed by atoms with van der Waals surface area (Å²) in [6.07, 6.45) is 0. The van der Waals surface area contributed by atoms with E-state index in [1.165, 1.54) is 0 Å². The van der Waals surface area contributed by atoms with Gasteiger partial charge in [-0.15, -0.1) is 0 Å². The minimum absolute atomic E-state index is 0.193. The second kappa shape index (κ2) is 8.53. The van der Waals surface area contributed by atoms with Crippen molar-refractivity contribution in [2.24, 2.45) is 5.92 Å². The fourth-order valence-corrected chi connectivity index (χ4v) is 5.21. The average molecular weight is 476 g/mol. The zero-order chi connectivity index (χ0) is 23.9. The van der Waals surface area contributed by atoms with Crippen LogP contribution in [-0.4, -0.2) is 31.0 Å². The average Bonchev–Trinajstić information content (AvgIpc) is 2.84. The summed E-state index contributed by atoms with van der Waals surface area (Å²) in [4.78, 5) is 15.7. The number of para-hydroxylation sites is 3. The van der Waals surface area contributed by atoms with Crippen LogP contribution in [0.1, 0.15) is 18.5 Å². The van der Waals surface area contributed by atoms with Crippen LogP contribution < -0.4 is 29.7 Å². The Hall–Kier alpha value is -3.78. The van der Waals surface area contributed by atoms with E-state index in [2.05, 4.69) is 10.6 Å². The lowest BCUT2D eigenvalue weighted by Gasteiger charge is -2.56.